The van der Waals surface area contributed by atoms with Crippen LogP contribution in [0.5, 0.6) is 0 Å². The molecule has 22 heavy (non-hydrogen) atoms. The number of para-hydroxylation sites is 1. The van der Waals surface area contributed by atoms with E-state index in [9.17, 15) is 14.4 Å². The normalized spacial score (nSPS) is 18.0. The molecule has 3 N–H and O–H groups in total. The molecular formula is C16H20N2O4. The average molecular weight is 304 g/mol. The Morgan fingerprint density at radius 1 is 1.41 bits per heavy atom. The van der Waals surface area contributed by atoms with Crippen molar-refractivity contribution >= 4 is 23.5 Å². The van der Waals surface area contributed by atoms with Crippen LogP contribution in [0.15, 0.2) is 24.3 Å². The monoisotopic (exact) mass is 304 g/mol. The number of carboxylic acids is 1. The van der Waals surface area contributed by atoms with Gasteiger partial charge in [0.2, 0.25) is 11.8 Å². The van der Waals surface area contributed by atoms with E-state index in [1.54, 1.807) is 18.2 Å². The van der Waals surface area contributed by atoms with Gasteiger partial charge in [-0.15, -0.1) is 0 Å². The number of carbonyl (C=O) groups excluding carboxylic acids is 2. The third-order valence-corrected chi connectivity index (χ3v) is 3.83. The van der Waals surface area contributed by atoms with Gasteiger partial charge in [0, 0.05) is 18.7 Å². The number of nitrogens with one attached hydrogen (secondary N) is 2. The molecular weight excluding hydrogens is 284 g/mol. The molecule has 118 valence electrons. The molecule has 1 aliphatic heterocycles. The van der Waals surface area contributed by atoms with Gasteiger partial charge in [-0.1, -0.05) is 31.5 Å². The second-order valence-corrected chi connectivity index (χ2v) is 5.46. The number of fused-ring (bicyclic) bond motifs is 1. The first-order valence-electron chi connectivity index (χ1n) is 7.42. The number of anilines is 1. The Morgan fingerprint density at radius 3 is 2.82 bits per heavy atom. The molecule has 0 aliphatic carbocycles. The second-order valence-electron chi connectivity index (χ2n) is 5.46. The molecule has 1 aliphatic rings. The first kappa shape index (κ1) is 16.0. The summed E-state index contributed by atoms with van der Waals surface area (Å²) >= 11 is 0. The lowest BCUT2D eigenvalue weighted by atomic mass is 9.89. The zero-order chi connectivity index (χ0) is 16.1. The van der Waals surface area contributed by atoms with E-state index in [1.165, 1.54) is 0 Å². The van der Waals surface area contributed by atoms with Crippen LogP contribution < -0.4 is 10.6 Å². The first-order chi connectivity index (χ1) is 10.5. The molecule has 2 rings (SSSR count). The number of carboxylic acid groups (broad SMARTS) is 1. The Balaban J connectivity index is 2.06. The topological polar surface area (TPSA) is 95.5 Å². The summed E-state index contributed by atoms with van der Waals surface area (Å²) < 4.78 is 0. The summed E-state index contributed by atoms with van der Waals surface area (Å²) in [6.07, 6.45) is 1.33. The zero-order valence-corrected chi connectivity index (χ0v) is 12.5. The summed E-state index contributed by atoms with van der Waals surface area (Å²) in [4.78, 5) is 35.2. The van der Waals surface area contributed by atoms with Gasteiger partial charge < -0.3 is 15.7 Å². The third-order valence-electron chi connectivity index (χ3n) is 3.83. The quantitative estimate of drug-likeness (QED) is 0.746. The van der Waals surface area contributed by atoms with Gasteiger partial charge in [0.15, 0.2) is 0 Å². The van der Waals surface area contributed by atoms with Gasteiger partial charge in [0.05, 0.1) is 11.8 Å². The van der Waals surface area contributed by atoms with Crippen LogP contribution in [0, 0.1) is 5.92 Å². The highest BCUT2D eigenvalue weighted by molar-refractivity contribution is 6.01. The van der Waals surface area contributed by atoms with Crippen LogP contribution in [0.3, 0.4) is 0 Å². The molecule has 1 heterocycles. The lowest BCUT2D eigenvalue weighted by Gasteiger charge is -2.25. The summed E-state index contributed by atoms with van der Waals surface area (Å²) in [5, 5.41) is 14.5. The SMILES string of the molecule is CCCC(CNC(=O)C1CC(=O)Nc2ccccc21)C(=O)O. The molecule has 0 saturated heterocycles. The van der Waals surface area contributed by atoms with Crippen molar-refractivity contribution in [2.24, 2.45) is 5.92 Å². The maximum absolute atomic E-state index is 12.4. The highest BCUT2D eigenvalue weighted by atomic mass is 16.4. The van der Waals surface area contributed by atoms with Crippen molar-refractivity contribution in [2.75, 3.05) is 11.9 Å². The fourth-order valence-electron chi connectivity index (χ4n) is 2.65. The number of carbonyl (C=O) groups is 3. The largest absolute Gasteiger partial charge is 0.481 e. The van der Waals surface area contributed by atoms with Crippen LogP contribution in [0.4, 0.5) is 5.69 Å². The smallest absolute Gasteiger partial charge is 0.308 e. The number of hydrogen-bond acceptors (Lipinski definition) is 3. The molecule has 2 amide bonds. The Kier molecular flexibility index (Phi) is 5.14. The molecule has 6 nitrogen and oxygen atoms in total. The molecule has 6 heteroatoms. The number of benzene rings is 1. The standard InChI is InChI=1S/C16H20N2O4/c1-2-5-10(16(21)22)9-17-15(20)12-8-14(19)18-13-7-4-3-6-11(12)13/h3-4,6-7,10,12H,2,5,8-9H2,1H3,(H,17,20)(H,18,19)(H,21,22). The van der Waals surface area contributed by atoms with Gasteiger partial charge >= 0.3 is 5.97 Å². The summed E-state index contributed by atoms with van der Waals surface area (Å²) in [5.74, 6) is -2.58. The van der Waals surface area contributed by atoms with E-state index in [4.69, 9.17) is 5.11 Å². The van der Waals surface area contributed by atoms with E-state index in [0.29, 0.717) is 12.1 Å². The van der Waals surface area contributed by atoms with Gasteiger partial charge in [-0.05, 0) is 18.1 Å². The Hall–Kier alpha value is -2.37. The van der Waals surface area contributed by atoms with Crippen molar-refractivity contribution in [3.63, 3.8) is 0 Å². The lowest BCUT2D eigenvalue weighted by Crippen LogP contribution is -2.38. The molecule has 0 saturated carbocycles. The number of hydrogen-bond donors (Lipinski definition) is 3. The van der Waals surface area contributed by atoms with Crippen LogP contribution in [0.25, 0.3) is 0 Å². The summed E-state index contributed by atoms with van der Waals surface area (Å²) in [5.41, 5.74) is 1.41. The molecule has 1 aromatic rings. The van der Waals surface area contributed by atoms with Crippen LogP contribution in [-0.2, 0) is 14.4 Å². The van der Waals surface area contributed by atoms with E-state index >= 15 is 0 Å². The molecule has 1 aromatic carbocycles. The van der Waals surface area contributed by atoms with E-state index in [2.05, 4.69) is 10.6 Å². The lowest BCUT2D eigenvalue weighted by molar-refractivity contribution is -0.142. The minimum absolute atomic E-state index is 0.0777. The maximum Gasteiger partial charge on any atom is 0.308 e. The fourth-order valence-corrected chi connectivity index (χ4v) is 2.65. The van der Waals surface area contributed by atoms with Crippen molar-refractivity contribution in [3.8, 4) is 0 Å². The Bertz CT molecular complexity index is 585. The summed E-state index contributed by atoms with van der Waals surface area (Å²) in [6.45, 7) is 1.99. The molecule has 0 fully saturated rings. The van der Waals surface area contributed by atoms with E-state index in [-0.39, 0.29) is 24.8 Å². The van der Waals surface area contributed by atoms with Crippen molar-refractivity contribution in [2.45, 2.75) is 32.1 Å². The minimum Gasteiger partial charge on any atom is -0.481 e. The van der Waals surface area contributed by atoms with Crippen molar-refractivity contribution < 1.29 is 19.5 Å². The third kappa shape index (κ3) is 3.63. The van der Waals surface area contributed by atoms with Crippen molar-refractivity contribution in [1.82, 2.24) is 5.32 Å². The first-order valence-corrected chi connectivity index (χ1v) is 7.42. The van der Waals surface area contributed by atoms with Gasteiger partial charge in [0.25, 0.3) is 0 Å². The van der Waals surface area contributed by atoms with Gasteiger partial charge in [-0.3, -0.25) is 14.4 Å². The van der Waals surface area contributed by atoms with Gasteiger partial charge in [-0.25, -0.2) is 0 Å². The zero-order valence-electron chi connectivity index (χ0n) is 12.5. The van der Waals surface area contributed by atoms with Crippen LogP contribution in [0.1, 0.15) is 37.7 Å². The molecule has 0 bridgehead atoms. The number of aliphatic carboxylic acids is 1. The summed E-state index contributed by atoms with van der Waals surface area (Å²) in [6, 6.07) is 7.17. The Morgan fingerprint density at radius 2 is 2.14 bits per heavy atom. The van der Waals surface area contributed by atoms with E-state index in [0.717, 1.165) is 12.0 Å². The molecule has 2 unspecified atom stereocenters. The Labute approximate surface area is 128 Å². The predicted octanol–water partition coefficient (Wildman–Crippen LogP) is 1.73. The van der Waals surface area contributed by atoms with E-state index in [1.807, 2.05) is 13.0 Å². The number of amides is 2. The van der Waals surface area contributed by atoms with E-state index < -0.39 is 17.8 Å². The molecule has 0 radical (unpaired) electrons. The van der Waals surface area contributed by atoms with Gasteiger partial charge in [0.1, 0.15) is 0 Å². The average Bonchev–Trinajstić information content (AvgIpc) is 2.49. The predicted molar refractivity (Wildman–Crippen MR) is 81.5 cm³/mol. The minimum atomic E-state index is -0.913. The van der Waals surface area contributed by atoms with Crippen molar-refractivity contribution in [1.29, 1.82) is 0 Å². The molecule has 0 spiro atoms. The number of rotatable bonds is 6. The summed E-state index contributed by atoms with van der Waals surface area (Å²) in [7, 11) is 0. The highest BCUT2D eigenvalue weighted by Crippen LogP contribution is 2.31. The molecule has 0 aromatic heterocycles. The maximum atomic E-state index is 12.4. The van der Waals surface area contributed by atoms with Gasteiger partial charge in [-0.2, -0.15) is 0 Å². The highest BCUT2D eigenvalue weighted by Gasteiger charge is 2.30. The van der Waals surface area contributed by atoms with Crippen molar-refractivity contribution in [3.05, 3.63) is 29.8 Å². The van der Waals surface area contributed by atoms with Crippen LogP contribution >= 0.6 is 0 Å². The fraction of sp³-hybridized carbons (Fsp3) is 0.438. The second kappa shape index (κ2) is 7.06. The van der Waals surface area contributed by atoms with Crippen LogP contribution in [0.2, 0.25) is 0 Å². The van der Waals surface area contributed by atoms with Crippen LogP contribution in [-0.4, -0.2) is 29.4 Å². The molecule has 2 atom stereocenters.